The van der Waals surface area contributed by atoms with Gasteiger partial charge in [-0.2, -0.15) is 4.98 Å². The van der Waals surface area contributed by atoms with Gasteiger partial charge < -0.3 is 14.8 Å². The number of para-hydroxylation sites is 1. The van der Waals surface area contributed by atoms with E-state index in [2.05, 4.69) is 15.3 Å². The number of benzene rings is 1. The maximum atomic E-state index is 13.0. The molecule has 3 rings (SSSR count). The Labute approximate surface area is 182 Å². The van der Waals surface area contributed by atoms with Crippen LogP contribution in [0.15, 0.2) is 48.0 Å². The lowest BCUT2D eigenvalue weighted by Gasteiger charge is -2.17. The Morgan fingerprint density at radius 3 is 2.61 bits per heavy atom. The van der Waals surface area contributed by atoms with E-state index in [4.69, 9.17) is 9.47 Å². The number of carbonyl (C=O) groups excluding carboxylic acids is 1. The molecule has 0 radical (unpaired) electrons. The molecule has 8 nitrogen and oxygen atoms in total. The summed E-state index contributed by atoms with van der Waals surface area (Å²) in [6.45, 7) is 0.105. The number of rotatable bonds is 9. The van der Waals surface area contributed by atoms with Gasteiger partial charge in [0.15, 0.2) is 9.84 Å². The van der Waals surface area contributed by atoms with Gasteiger partial charge >= 0.3 is 0 Å². The predicted molar refractivity (Wildman–Crippen MR) is 117 cm³/mol. The fourth-order valence-electron chi connectivity index (χ4n) is 3.40. The van der Waals surface area contributed by atoms with Gasteiger partial charge in [-0.15, -0.1) is 0 Å². The van der Waals surface area contributed by atoms with E-state index >= 15 is 0 Å². The van der Waals surface area contributed by atoms with Crippen LogP contribution in [0.2, 0.25) is 0 Å². The summed E-state index contributed by atoms with van der Waals surface area (Å²) in [5.74, 6) is 1.17. The molecular weight excluding hydrogens is 418 g/mol. The Kier molecular flexibility index (Phi) is 7.75. The van der Waals surface area contributed by atoms with Gasteiger partial charge in [-0.25, -0.2) is 13.4 Å². The number of ether oxygens (including phenoxy) is 2. The highest BCUT2D eigenvalue weighted by molar-refractivity contribution is 7.93. The predicted octanol–water partition coefficient (Wildman–Crippen LogP) is 3.23. The van der Waals surface area contributed by atoms with E-state index in [0.717, 1.165) is 37.3 Å². The number of hydrogen-bond acceptors (Lipinski definition) is 7. The van der Waals surface area contributed by atoms with Gasteiger partial charge in [-0.3, -0.25) is 4.79 Å². The van der Waals surface area contributed by atoms with Gasteiger partial charge in [0.2, 0.25) is 5.88 Å². The highest BCUT2D eigenvalue weighted by Gasteiger charge is 2.24. The molecule has 1 aliphatic rings. The second-order valence-corrected chi connectivity index (χ2v) is 9.47. The van der Waals surface area contributed by atoms with Crippen LogP contribution in [0, 0.1) is 0 Å². The van der Waals surface area contributed by atoms with Gasteiger partial charge in [0.25, 0.3) is 5.91 Å². The van der Waals surface area contributed by atoms with Crippen LogP contribution in [-0.2, 0) is 14.6 Å². The van der Waals surface area contributed by atoms with Crippen LogP contribution in [-0.4, -0.2) is 50.3 Å². The summed E-state index contributed by atoms with van der Waals surface area (Å²) in [5, 5.41) is 3.79. The molecular formula is C22H27N3O5S. The van der Waals surface area contributed by atoms with Crippen molar-refractivity contribution in [3.8, 4) is 11.6 Å². The molecule has 0 saturated heterocycles. The van der Waals surface area contributed by atoms with Crippen molar-refractivity contribution in [1.82, 2.24) is 15.3 Å². The summed E-state index contributed by atoms with van der Waals surface area (Å²) in [5.41, 5.74) is 0.166. The summed E-state index contributed by atoms with van der Waals surface area (Å²) in [7, 11) is -1.87. The van der Waals surface area contributed by atoms with Crippen molar-refractivity contribution < 1.29 is 22.7 Å². The summed E-state index contributed by atoms with van der Waals surface area (Å²) < 4.78 is 33.9. The molecule has 1 aromatic heterocycles. The summed E-state index contributed by atoms with van der Waals surface area (Å²) in [6, 6.07) is 8.44. The quantitative estimate of drug-likeness (QED) is 0.631. The first-order valence-electron chi connectivity index (χ1n) is 10.1. The number of hydrogen-bond donors (Lipinski definition) is 1. The van der Waals surface area contributed by atoms with Crippen LogP contribution in [0.4, 0.5) is 0 Å². The Balaban J connectivity index is 1.88. The van der Waals surface area contributed by atoms with Crippen LogP contribution in [0.25, 0.3) is 0 Å². The lowest BCUT2D eigenvalue weighted by molar-refractivity contribution is 0.0912. The van der Waals surface area contributed by atoms with Crippen molar-refractivity contribution in [2.75, 3.05) is 20.0 Å². The molecule has 1 heterocycles. The third-order valence-corrected chi connectivity index (χ3v) is 5.57. The number of sulfone groups is 1. The zero-order valence-corrected chi connectivity index (χ0v) is 18.5. The molecule has 0 bridgehead atoms. The number of carbonyl (C=O) groups is 1. The fraction of sp³-hybridized carbons (Fsp3) is 0.409. The highest BCUT2D eigenvalue weighted by atomic mass is 32.2. The third-order valence-electron chi connectivity index (χ3n) is 4.92. The van der Waals surface area contributed by atoms with Crippen LogP contribution in [0.3, 0.4) is 0 Å². The molecule has 1 fully saturated rings. The van der Waals surface area contributed by atoms with Crippen molar-refractivity contribution in [2.24, 2.45) is 0 Å². The van der Waals surface area contributed by atoms with Crippen molar-refractivity contribution in [2.45, 2.75) is 37.6 Å². The Hall–Kier alpha value is -2.78. The van der Waals surface area contributed by atoms with Crippen molar-refractivity contribution >= 4 is 15.7 Å². The van der Waals surface area contributed by atoms with Gasteiger partial charge in [0.1, 0.15) is 17.1 Å². The minimum Gasteiger partial charge on any atom is -0.438 e. The Morgan fingerprint density at radius 2 is 1.97 bits per heavy atom. The topological polar surface area (TPSA) is 107 Å². The van der Waals surface area contributed by atoms with Crippen molar-refractivity contribution in [3.63, 3.8) is 0 Å². The van der Waals surface area contributed by atoms with E-state index in [9.17, 15) is 13.2 Å². The first kappa shape index (κ1) is 22.9. The van der Waals surface area contributed by atoms with E-state index in [1.54, 1.807) is 12.1 Å². The monoisotopic (exact) mass is 445 g/mol. The molecule has 1 aromatic carbocycles. The van der Waals surface area contributed by atoms with Gasteiger partial charge in [0, 0.05) is 30.9 Å². The minimum absolute atomic E-state index is 0.105. The lowest BCUT2D eigenvalue weighted by atomic mass is 10.1. The van der Waals surface area contributed by atoms with E-state index in [-0.39, 0.29) is 24.0 Å². The van der Waals surface area contributed by atoms with Crippen molar-refractivity contribution in [1.29, 1.82) is 0 Å². The first-order chi connectivity index (χ1) is 14.9. The van der Waals surface area contributed by atoms with Gasteiger partial charge in [-0.1, -0.05) is 31.0 Å². The summed E-state index contributed by atoms with van der Waals surface area (Å²) in [6.07, 6.45) is 8.23. The Bertz CT molecular complexity index is 1020. The molecule has 1 unspecified atom stereocenters. The number of amides is 1. The number of nitrogens with zero attached hydrogens (tertiary/aromatic N) is 2. The average Bonchev–Trinajstić information content (AvgIpc) is 3.27. The molecule has 166 valence electrons. The normalized spacial score (nSPS) is 15.8. The van der Waals surface area contributed by atoms with Crippen LogP contribution >= 0.6 is 0 Å². The van der Waals surface area contributed by atoms with E-state index in [0.29, 0.717) is 11.6 Å². The molecule has 9 heteroatoms. The van der Waals surface area contributed by atoms with Crippen molar-refractivity contribution in [3.05, 3.63) is 59.4 Å². The summed E-state index contributed by atoms with van der Waals surface area (Å²) in [4.78, 5) is 22.0. The molecule has 0 aliphatic heterocycles. The van der Waals surface area contributed by atoms with E-state index < -0.39 is 21.8 Å². The molecule has 1 aliphatic carbocycles. The largest absolute Gasteiger partial charge is 0.438 e. The van der Waals surface area contributed by atoms with Gasteiger partial charge in [0.05, 0.1) is 12.6 Å². The SMILES string of the molecule is COCC(/C=C/S(C)(=O)=O)NC(=O)c1cnc(C2CCCC2)nc1Oc1ccccc1. The van der Waals surface area contributed by atoms with Gasteiger partial charge in [-0.05, 0) is 31.1 Å². The fourth-order valence-corrected chi connectivity index (χ4v) is 3.88. The maximum absolute atomic E-state index is 13.0. The summed E-state index contributed by atoms with van der Waals surface area (Å²) >= 11 is 0. The smallest absolute Gasteiger partial charge is 0.258 e. The number of aromatic nitrogens is 2. The van der Waals surface area contributed by atoms with Crippen LogP contribution in [0.5, 0.6) is 11.6 Å². The number of nitrogens with one attached hydrogen (secondary N) is 1. The molecule has 1 N–H and O–H groups in total. The first-order valence-corrected chi connectivity index (χ1v) is 12.1. The van der Waals surface area contributed by atoms with E-state index in [1.165, 1.54) is 19.4 Å². The standard InChI is InChI=1S/C22H27N3O5S/c1-29-15-17(12-13-31(2,27)28)24-21(26)19-14-23-20(16-8-6-7-9-16)25-22(19)30-18-10-4-3-5-11-18/h3-5,10-14,16-17H,6-9,15H2,1-2H3,(H,24,26)/b13-12+. The lowest BCUT2D eigenvalue weighted by Crippen LogP contribution is -2.37. The number of methoxy groups -OCH3 is 1. The van der Waals surface area contributed by atoms with Crippen LogP contribution < -0.4 is 10.1 Å². The maximum Gasteiger partial charge on any atom is 0.258 e. The Morgan fingerprint density at radius 1 is 1.26 bits per heavy atom. The molecule has 1 atom stereocenters. The molecule has 31 heavy (non-hydrogen) atoms. The highest BCUT2D eigenvalue weighted by Crippen LogP contribution is 2.34. The minimum atomic E-state index is -3.34. The van der Waals surface area contributed by atoms with E-state index in [1.807, 2.05) is 18.2 Å². The second kappa shape index (κ2) is 10.5. The average molecular weight is 446 g/mol. The molecule has 1 amide bonds. The molecule has 0 spiro atoms. The molecule has 1 saturated carbocycles. The zero-order chi connectivity index (χ0) is 22.3. The second-order valence-electron chi connectivity index (χ2n) is 7.54. The molecule has 2 aromatic rings. The third kappa shape index (κ3) is 6.86. The zero-order valence-electron chi connectivity index (χ0n) is 17.7. The van der Waals surface area contributed by atoms with Crippen LogP contribution in [0.1, 0.15) is 47.8 Å².